The Kier molecular flexibility index (Phi) is 8.39. The minimum absolute atomic E-state index is 0.299. The van der Waals surface area contributed by atoms with Gasteiger partial charge in [-0.1, -0.05) is 36.4 Å². The maximum Gasteiger partial charge on any atom is 0.410 e. The van der Waals surface area contributed by atoms with Crippen molar-refractivity contribution in [3.05, 3.63) is 71.0 Å². The van der Waals surface area contributed by atoms with Gasteiger partial charge in [-0.3, -0.25) is 4.79 Å². The molecule has 4 heterocycles. The van der Waals surface area contributed by atoms with E-state index in [9.17, 15) is 24.3 Å². The normalized spacial score (nSPS) is 14.7. The summed E-state index contributed by atoms with van der Waals surface area (Å²) in [7, 11) is 0. The quantitative estimate of drug-likeness (QED) is 0.262. The first-order valence-corrected chi connectivity index (χ1v) is 15.0. The predicted molar refractivity (Wildman–Crippen MR) is 170 cm³/mol. The number of aldehydes is 1. The number of hydrogen-bond acceptors (Lipinski definition) is 6. The van der Waals surface area contributed by atoms with Crippen LogP contribution in [0.4, 0.5) is 9.59 Å². The van der Waals surface area contributed by atoms with Crippen LogP contribution in [0.1, 0.15) is 73.4 Å². The fourth-order valence-corrected chi connectivity index (χ4v) is 5.77. The maximum atomic E-state index is 12.3. The van der Waals surface area contributed by atoms with Crippen LogP contribution in [0, 0.1) is 0 Å². The molecule has 2 aromatic heterocycles. The van der Waals surface area contributed by atoms with Crippen LogP contribution in [0.3, 0.4) is 0 Å². The Bertz CT molecular complexity index is 1790. The lowest BCUT2D eigenvalue weighted by Crippen LogP contribution is -2.37. The summed E-state index contributed by atoms with van der Waals surface area (Å²) in [4.78, 5) is 50.6. The van der Waals surface area contributed by atoms with E-state index in [4.69, 9.17) is 9.47 Å². The summed E-state index contributed by atoms with van der Waals surface area (Å²) in [6.07, 6.45) is 3.75. The van der Waals surface area contributed by atoms with E-state index in [0.717, 1.165) is 33.8 Å². The number of para-hydroxylation sites is 2. The molecule has 1 N–H and O–H groups in total. The second-order valence-electron chi connectivity index (χ2n) is 13.4. The molecule has 0 aliphatic carbocycles. The Hall–Kier alpha value is -4.80. The lowest BCUT2D eigenvalue weighted by molar-refractivity contribution is 0.0222. The third-order valence-corrected chi connectivity index (χ3v) is 7.60. The largest absolute Gasteiger partial charge is 0.478 e. The molecule has 2 aromatic carbocycles. The summed E-state index contributed by atoms with van der Waals surface area (Å²) in [6.45, 7) is 14.3. The number of aromatic nitrogens is 2. The van der Waals surface area contributed by atoms with Gasteiger partial charge in [0.2, 0.25) is 0 Å². The van der Waals surface area contributed by atoms with Crippen molar-refractivity contribution in [3.8, 4) is 0 Å². The van der Waals surface area contributed by atoms with E-state index in [1.807, 2.05) is 88.7 Å². The molecule has 6 rings (SSSR count). The molecule has 0 saturated carbocycles. The molecule has 11 heteroatoms. The van der Waals surface area contributed by atoms with Gasteiger partial charge in [-0.2, -0.15) is 0 Å². The number of ether oxygens (including phenoxy) is 2. The van der Waals surface area contributed by atoms with Crippen LogP contribution < -0.4 is 0 Å². The zero-order chi connectivity index (χ0) is 32.7. The van der Waals surface area contributed by atoms with Crippen molar-refractivity contribution >= 4 is 46.2 Å². The van der Waals surface area contributed by atoms with Gasteiger partial charge in [-0.25, -0.2) is 14.4 Å². The highest BCUT2D eigenvalue weighted by Crippen LogP contribution is 2.30. The van der Waals surface area contributed by atoms with Gasteiger partial charge >= 0.3 is 18.2 Å². The molecule has 45 heavy (non-hydrogen) atoms. The predicted octanol–water partition coefficient (Wildman–Crippen LogP) is 6.29. The van der Waals surface area contributed by atoms with Gasteiger partial charge in [-0.05, 0) is 52.7 Å². The molecule has 2 amide bonds. The van der Waals surface area contributed by atoms with Crippen molar-refractivity contribution in [1.29, 1.82) is 0 Å². The van der Waals surface area contributed by atoms with Crippen molar-refractivity contribution in [1.82, 2.24) is 18.9 Å². The molecule has 2 aliphatic rings. The van der Waals surface area contributed by atoms with E-state index >= 15 is 0 Å². The highest BCUT2D eigenvalue weighted by molar-refractivity contribution is 6.04. The first-order chi connectivity index (χ1) is 21.1. The fraction of sp³-hybridized carbons (Fsp3) is 0.412. The third kappa shape index (κ3) is 6.82. The van der Waals surface area contributed by atoms with E-state index in [1.165, 1.54) is 0 Å². The highest BCUT2D eigenvalue weighted by Gasteiger charge is 2.28. The van der Waals surface area contributed by atoms with Gasteiger partial charge < -0.3 is 33.5 Å². The summed E-state index contributed by atoms with van der Waals surface area (Å²) in [5.74, 6) is -0.935. The van der Waals surface area contributed by atoms with Crippen LogP contribution in [0.25, 0.3) is 21.8 Å². The van der Waals surface area contributed by atoms with Crippen LogP contribution in [0.5, 0.6) is 0 Å². The molecule has 0 spiro atoms. The molecule has 0 saturated heterocycles. The van der Waals surface area contributed by atoms with Crippen LogP contribution in [-0.2, 0) is 35.7 Å². The number of amides is 2. The summed E-state index contributed by atoms with van der Waals surface area (Å²) in [5, 5.41) is 11.0. The van der Waals surface area contributed by atoms with Crippen LogP contribution in [0.2, 0.25) is 0 Å². The van der Waals surface area contributed by atoms with Gasteiger partial charge in [0.05, 0.1) is 29.7 Å². The Morgan fingerprint density at radius 3 is 1.64 bits per heavy atom. The van der Waals surface area contributed by atoms with E-state index in [2.05, 4.69) is 4.57 Å². The SMILES string of the molecule is CC(C)(C)OC(=O)N1CCn2cc(C(=O)O)c3cccc(c32)C1.CC(C)(C)OC(=O)N1CCn2cc(C=O)c3cccc(c32)C1. The standard InChI is InChI=1S/C17H20N2O4.C17H20N2O3/c1-17(2,3)23-16(22)19-8-7-18-10-13(15(20)21)12-6-4-5-11(9-19)14(12)18;1-17(2,3)22-16(21)19-8-7-18-10-13(11-20)14-6-4-5-12(9-19)15(14)18/h4-6,10H,7-9H2,1-3H3,(H,20,21);4-6,10-11H,7-9H2,1-3H3. The molecule has 0 unspecified atom stereocenters. The van der Waals surface area contributed by atoms with E-state index < -0.39 is 17.2 Å². The van der Waals surface area contributed by atoms with E-state index in [1.54, 1.807) is 16.0 Å². The minimum atomic E-state index is -0.935. The lowest BCUT2D eigenvalue weighted by atomic mass is 10.1. The minimum Gasteiger partial charge on any atom is -0.478 e. The van der Waals surface area contributed by atoms with Crippen molar-refractivity contribution in [2.75, 3.05) is 13.1 Å². The highest BCUT2D eigenvalue weighted by atomic mass is 16.6. The van der Waals surface area contributed by atoms with Gasteiger partial charge in [0.15, 0.2) is 6.29 Å². The van der Waals surface area contributed by atoms with Crippen LogP contribution >= 0.6 is 0 Å². The monoisotopic (exact) mass is 616 g/mol. The number of aromatic carboxylic acids is 1. The number of nitrogens with zero attached hydrogens (tertiary/aromatic N) is 4. The molecular weight excluding hydrogens is 576 g/mol. The molecule has 0 bridgehead atoms. The number of rotatable bonds is 2. The molecule has 238 valence electrons. The third-order valence-electron chi connectivity index (χ3n) is 7.60. The van der Waals surface area contributed by atoms with Gasteiger partial charge in [-0.15, -0.1) is 0 Å². The number of benzene rings is 2. The Balaban J connectivity index is 0.000000178. The average Bonchev–Trinajstić information content (AvgIpc) is 3.36. The molecule has 0 radical (unpaired) electrons. The fourth-order valence-electron chi connectivity index (χ4n) is 5.77. The van der Waals surface area contributed by atoms with Gasteiger partial charge in [0.1, 0.15) is 11.2 Å². The molecule has 4 aromatic rings. The zero-order valence-electron chi connectivity index (χ0n) is 26.6. The number of hydrogen-bond donors (Lipinski definition) is 1. The first-order valence-electron chi connectivity index (χ1n) is 15.0. The number of carboxylic acids is 1. The second kappa shape index (κ2) is 11.9. The lowest BCUT2D eigenvalue weighted by Gasteiger charge is -2.26. The summed E-state index contributed by atoms with van der Waals surface area (Å²) in [5.41, 5.74) is 3.84. The van der Waals surface area contributed by atoms with Gasteiger partial charge in [0.25, 0.3) is 0 Å². The van der Waals surface area contributed by atoms with Crippen LogP contribution in [-0.4, -0.2) is 72.8 Å². The average molecular weight is 617 g/mol. The van der Waals surface area contributed by atoms with Crippen molar-refractivity contribution < 1.29 is 33.8 Å². The summed E-state index contributed by atoms with van der Waals surface area (Å²) < 4.78 is 14.9. The number of carbonyl (C=O) groups excluding carboxylic acids is 3. The summed E-state index contributed by atoms with van der Waals surface area (Å²) >= 11 is 0. The van der Waals surface area contributed by atoms with Crippen molar-refractivity contribution in [3.63, 3.8) is 0 Å². The second-order valence-corrected chi connectivity index (χ2v) is 13.4. The Morgan fingerprint density at radius 1 is 0.711 bits per heavy atom. The first kappa shape index (κ1) is 31.6. The molecule has 2 aliphatic heterocycles. The Labute approximate surface area is 261 Å². The van der Waals surface area contributed by atoms with E-state index in [-0.39, 0.29) is 12.2 Å². The maximum absolute atomic E-state index is 12.3. The number of carbonyl (C=O) groups is 4. The van der Waals surface area contributed by atoms with E-state index in [0.29, 0.717) is 55.8 Å². The number of carboxylic acid groups (broad SMARTS) is 1. The van der Waals surface area contributed by atoms with Crippen molar-refractivity contribution in [2.45, 2.75) is 78.9 Å². The molecule has 0 fully saturated rings. The Morgan fingerprint density at radius 2 is 1.18 bits per heavy atom. The molecule has 0 atom stereocenters. The molecule has 11 nitrogen and oxygen atoms in total. The molecular formula is C34H40N4O7. The smallest absolute Gasteiger partial charge is 0.410 e. The summed E-state index contributed by atoms with van der Waals surface area (Å²) in [6, 6.07) is 11.4. The topological polar surface area (TPSA) is 123 Å². The van der Waals surface area contributed by atoms with Crippen molar-refractivity contribution in [2.24, 2.45) is 0 Å². The zero-order valence-corrected chi connectivity index (χ0v) is 26.6. The van der Waals surface area contributed by atoms with Gasteiger partial charge in [0, 0.05) is 54.9 Å². The van der Waals surface area contributed by atoms with Crippen LogP contribution in [0.15, 0.2) is 48.8 Å².